The molecule has 2 aromatic heterocycles. The quantitative estimate of drug-likeness (QED) is 0.708. The van der Waals surface area contributed by atoms with Crippen LogP contribution in [0.4, 0.5) is 0 Å². The second-order valence-corrected chi connectivity index (χ2v) is 7.21. The lowest BCUT2D eigenvalue weighted by Gasteiger charge is -2.39. The van der Waals surface area contributed by atoms with Gasteiger partial charge in [-0.2, -0.15) is 0 Å². The first-order valence-corrected chi connectivity index (χ1v) is 9.13. The van der Waals surface area contributed by atoms with Gasteiger partial charge < -0.3 is 4.90 Å². The maximum Gasteiger partial charge on any atom is 0.352 e. The number of likely N-dealkylation sites (tertiary alicyclic amines) is 1. The second-order valence-electron chi connectivity index (χ2n) is 7.21. The molecule has 136 valence electrons. The Hall–Kier alpha value is -2.70. The lowest BCUT2D eigenvalue weighted by atomic mass is 9.97. The molecule has 1 aliphatic rings. The van der Waals surface area contributed by atoms with Gasteiger partial charge >= 0.3 is 5.69 Å². The summed E-state index contributed by atoms with van der Waals surface area (Å²) < 4.78 is 2.76. The summed E-state index contributed by atoms with van der Waals surface area (Å²) in [5, 5.41) is 5.27. The third-order valence-electron chi connectivity index (χ3n) is 5.36. The SMILES string of the molecule is Cc1nc2ccccc2c2nn(CC(=O)N3[C@@H](C)CCC[C@@H]3C)c(=O)n12. The maximum atomic E-state index is 12.9. The van der Waals surface area contributed by atoms with E-state index in [0.29, 0.717) is 11.5 Å². The van der Waals surface area contributed by atoms with Gasteiger partial charge in [-0.05, 0) is 52.2 Å². The van der Waals surface area contributed by atoms with Gasteiger partial charge in [0.15, 0.2) is 5.65 Å². The molecule has 0 saturated carbocycles. The smallest absolute Gasteiger partial charge is 0.336 e. The van der Waals surface area contributed by atoms with Gasteiger partial charge in [-0.25, -0.2) is 18.9 Å². The highest BCUT2D eigenvalue weighted by molar-refractivity contribution is 5.91. The summed E-state index contributed by atoms with van der Waals surface area (Å²) >= 11 is 0. The second kappa shape index (κ2) is 6.23. The van der Waals surface area contributed by atoms with E-state index in [1.807, 2.05) is 29.2 Å². The van der Waals surface area contributed by atoms with E-state index < -0.39 is 0 Å². The summed E-state index contributed by atoms with van der Waals surface area (Å²) in [4.78, 5) is 32.1. The van der Waals surface area contributed by atoms with Crippen molar-refractivity contribution in [1.82, 2.24) is 24.1 Å². The summed E-state index contributed by atoms with van der Waals surface area (Å²) in [6, 6.07) is 7.98. The van der Waals surface area contributed by atoms with Crippen LogP contribution in [-0.2, 0) is 11.3 Å². The first-order chi connectivity index (χ1) is 12.5. The van der Waals surface area contributed by atoms with E-state index in [1.165, 1.54) is 9.08 Å². The average molecular weight is 353 g/mol. The van der Waals surface area contributed by atoms with Crippen molar-refractivity contribution in [3.63, 3.8) is 0 Å². The highest BCUT2D eigenvalue weighted by Crippen LogP contribution is 2.23. The van der Waals surface area contributed by atoms with E-state index in [9.17, 15) is 9.59 Å². The van der Waals surface area contributed by atoms with Gasteiger partial charge in [-0.1, -0.05) is 12.1 Å². The van der Waals surface area contributed by atoms with Gasteiger partial charge in [0.25, 0.3) is 0 Å². The largest absolute Gasteiger partial charge is 0.352 e. The van der Waals surface area contributed by atoms with Crippen molar-refractivity contribution in [3.05, 3.63) is 40.6 Å². The lowest BCUT2D eigenvalue weighted by Crippen LogP contribution is -2.49. The Morgan fingerprint density at radius 3 is 2.62 bits per heavy atom. The van der Waals surface area contributed by atoms with Gasteiger partial charge in [0.05, 0.1) is 5.52 Å². The van der Waals surface area contributed by atoms with Crippen LogP contribution in [0.2, 0.25) is 0 Å². The molecule has 26 heavy (non-hydrogen) atoms. The standard InChI is InChI=1S/C19H23N5O2/c1-12-7-6-8-13(2)23(12)17(25)11-22-19(26)24-14(3)20-16-10-5-4-9-15(16)18(24)21-22/h4-5,9-10,12-13H,6-8,11H2,1-3H3/t12-,13-/m0/s1. The van der Waals surface area contributed by atoms with E-state index >= 15 is 0 Å². The monoisotopic (exact) mass is 353 g/mol. The van der Waals surface area contributed by atoms with Crippen LogP contribution >= 0.6 is 0 Å². The highest BCUT2D eigenvalue weighted by Gasteiger charge is 2.29. The van der Waals surface area contributed by atoms with Gasteiger partial charge in [0.2, 0.25) is 5.91 Å². The Kier molecular flexibility index (Phi) is 4.01. The van der Waals surface area contributed by atoms with E-state index in [1.54, 1.807) is 6.92 Å². The van der Waals surface area contributed by atoms with Crippen molar-refractivity contribution in [2.45, 2.75) is 58.7 Å². The van der Waals surface area contributed by atoms with Crippen LogP contribution in [0.5, 0.6) is 0 Å². The number of carbonyl (C=O) groups excluding carboxylic acids is 1. The number of nitrogens with zero attached hydrogens (tertiary/aromatic N) is 5. The molecule has 0 aliphatic carbocycles. The summed E-state index contributed by atoms with van der Waals surface area (Å²) in [7, 11) is 0. The fourth-order valence-electron chi connectivity index (χ4n) is 4.08. The third kappa shape index (κ3) is 2.58. The molecule has 1 aromatic carbocycles. The van der Waals surface area contributed by atoms with Crippen molar-refractivity contribution in [3.8, 4) is 0 Å². The minimum Gasteiger partial charge on any atom is -0.336 e. The Morgan fingerprint density at radius 2 is 1.88 bits per heavy atom. The Bertz CT molecular complexity index is 1040. The normalized spacial score (nSPS) is 20.8. The first-order valence-electron chi connectivity index (χ1n) is 9.13. The van der Waals surface area contributed by atoms with E-state index in [0.717, 1.165) is 30.2 Å². The predicted molar refractivity (Wildman–Crippen MR) is 99.1 cm³/mol. The van der Waals surface area contributed by atoms with E-state index in [2.05, 4.69) is 23.9 Å². The predicted octanol–water partition coefficient (Wildman–Crippen LogP) is 2.14. The molecule has 0 N–H and O–H groups in total. The van der Waals surface area contributed by atoms with Crippen molar-refractivity contribution in [1.29, 1.82) is 0 Å². The van der Waals surface area contributed by atoms with Gasteiger partial charge in [0, 0.05) is 17.5 Å². The molecule has 1 aliphatic heterocycles. The third-order valence-corrected chi connectivity index (χ3v) is 5.36. The fraction of sp³-hybridized carbons (Fsp3) is 0.474. The Morgan fingerprint density at radius 1 is 1.19 bits per heavy atom. The summed E-state index contributed by atoms with van der Waals surface area (Å²) in [6.45, 7) is 5.88. The molecule has 0 radical (unpaired) electrons. The molecule has 7 nitrogen and oxygen atoms in total. The molecule has 2 atom stereocenters. The van der Waals surface area contributed by atoms with Crippen LogP contribution < -0.4 is 5.69 Å². The van der Waals surface area contributed by atoms with Crippen molar-refractivity contribution >= 4 is 22.5 Å². The topological polar surface area (TPSA) is 72.5 Å². The molecule has 0 unspecified atom stereocenters. The number of fused-ring (bicyclic) bond motifs is 3. The number of aromatic nitrogens is 4. The highest BCUT2D eigenvalue weighted by atomic mass is 16.2. The van der Waals surface area contributed by atoms with Gasteiger partial charge in [0.1, 0.15) is 12.4 Å². The number of piperidine rings is 1. The summed E-state index contributed by atoms with van der Waals surface area (Å²) in [5.41, 5.74) is 1.02. The number of aryl methyl sites for hydroxylation is 1. The zero-order chi connectivity index (χ0) is 18.4. The minimum atomic E-state index is -0.318. The Labute approximate surface area is 151 Å². The van der Waals surface area contributed by atoms with Gasteiger partial charge in [-0.3, -0.25) is 4.79 Å². The van der Waals surface area contributed by atoms with Gasteiger partial charge in [-0.15, -0.1) is 5.10 Å². The molecular formula is C19H23N5O2. The van der Waals surface area contributed by atoms with Crippen LogP contribution in [0.25, 0.3) is 16.6 Å². The number of hydrogen-bond acceptors (Lipinski definition) is 4. The van der Waals surface area contributed by atoms with Crippen LogP contribution in [0.1, 0.15) is 38.9 Å². The minimum absolute atomic E-state index is 0.0387. The van der Waals surface area contributed by atoms with Crippen LogP contribution in [-0.4, -0.2) is 42.1 Å². The van der Waals surface area contributed by atoms with E-state index in [-0.39, 0.29) is 30.2 Å². The number of amides is 1. The Balaban J connectivity index is 1.77. The fourth-order valence-corrected chi connectivity index (χ4v) is 4.08. The molecule has 1 amide bonds. The number of benzene rings is 1. The molecule has 3 aromatic rings. The zero-order valence-electron chi connectivity index (χ0n) is 15.3. The van der Waals surface area contributed by atoms with Crippen LogP contribution in [0.15, 0.2) is 29.1 Å². The van der Waals surface area contributed by atoms with Crippen molar-refractivity contribution in [2.24, 2.45) is 0 Å². The summed E-state index contributed by atoms with van der Waals surface area (Å²) in [6.07, 6.45) is 3.14. The number of para-hydroxylation sites is 1. The molecule has 0 bridgehead atoms. The maximum absolute atomic E-state index is 12.9. The molecule has 1 saturated heterocycles. The first kappa shape index (κ1) is 16.8. The van der Waals surface area contributed by atoms with Crippen molar-refractivity contribution < 1.29 is 4.79 Å². The van der Waals surface area contributed by atoms with Crippen LogP contribution in [0.3, 0.4) is 0 Å². The average Bonchev–Trinajstić information content (AvgIpc) is 2.92. The molecule has 0 spiro atoms. The summed E-state index contributed by atoms with van der Waals surface area (Å²) in [5.74, 6) is 0.521. The number of hydrogen-bond donors (Lipinski definition) is 0. The molecule has 4 rings (SSSR count). The zero-order valence-corrected chi connectivity index (χ0v) is 15.3. The number of rotatable bonds is 2. The number of carbonyl (C=O) groups is 1. The molecule has 3 heterocycles. The molecular weight excluding hydrogens is 330 g/mol. The van der Waals surface area contributed by atoms with E-state index in [4.69, 9.17) is 0 Å². The molecule has 1 fully saturated rings. The van der Waals surface area contributed by atoms with Crippen molar-refractivity contribution in [2.75, 3.05) is 0 Å². The van der Waals surface area contributed by atoms with Crippen LogP contribution in [0, 0.1) is 6.92 Å². The molecule has 7 heteroatoms. The lowest BCUT2D eigenvalue weighted by molar-refractivity contribution is -0.138.